The van der Waals surface area contributed by atoms with Crippen LogP contribution in [0.2, 0.25) is 0 Å². The van der Waals surface area contributed by atoms with Crippen LogP contribution < -0.4 is 14.4 Å². The molecule has 0 unspecified atom stereocenters. The minimum absolute atomic E-state index is 0.165. The first-order chi connectivity index (χ1) is 14.8. The average Bonchev–Trinajstić information content (AvgIpc) is 2.78. The molecule has 3 aromatic rings. The second-order valence-corrected chi connectivity index (χ2v) is 9.21. The summed E-state index contributed by atoms with van der Waals surface area (Å²) in [5, 5.41) is 2.94. The molecule has 1 N–H and O–H groups in total. The van der Waals surface area contributed by atoms with Crippen LogP contribution in [0.25, 0.3) is 0 Å². The molecule has 0 spiro atoms. The molecule has 0 saturated heterocycles. The lowest BCUT2D eigenvalue weighted by molar-refractivity contribution is 0.0940. The number of methoxy groups -OCH3 is 1. The lowest BCUT2D eigenvalue weighted by Gasteiger charge is -2.23. The van der Waals surface area contributed by atoms with E-state index in [1.165, 1.54) is 7.05 Å². The molecular weight excluding hydrogens is 412 g/mol. The summed E-state index contributed by atoms with van der Waals surface area (Å²) in [7, 11) is -0.796. The largest absolute Gasteiger partial charge is 0.496 e. The van der Waals surface area contributed by atoms with Crippen molar-refractivity contribution in [1.82, 2.24) is 5.32 Å². The van der Waals surface area contributed by atoms with E-state index < -0.39 is 10.0 Å². The number of hydrogen-bond acceptors (Lipinski definition) is 4. The smallest absolute Gasteiger partial charge is 0.264 e. The van der Waals surface area contributed by atoms with Gasteiger partial charge >= 0.3 is 0 Å². The Balaban J connectivity index is 1.90. The van der Waals surface area contributed by atoms with Crippen molar-refractivity contribution in [3.8, 4) is 5.75 Å². The van der Waals surface area contributed by atoms with Crippen LogP contribution in [-0.4, -0.2) is 28.5 Å². The Morgan fingerprint density at radius 1 is 0.968 bits per heavy atom. The van der Waals surface area contributed by atoms with Crippen LogP contribution in [0, 0.1) is 6.92 Å². The Labute approximate surface area is 183 Å². The summed E-state index contributed by atoms with van der Waals surface area (Å²) in [4.78, 5) is 13.3. The summed E-state index contributed by atoms with van der Waals surface area (Å²) in [6.07, 6.45) is 0. The van der Waals surface area contributed by atoms with E-state index in [1.807, 2.05) is 38.1 Å². The van der Waals surface area contributed by atoms with E-state index in [2.05, 4.69) is 5.32 Å². The van der Waals surface area contributed by atoms with Gasteiger partial charge in [-0.05, 0) is 44.2 Å². The summed E-state index contributed by atoms with van der Waals surface area (Å²) < 4.78 is 32.8. The Kier molecular flexibility index (Phi) is 6.65. The summed E-state index contributed by atoms with van der Waals surface area (Å²) >= 11 is 0. The Morgan fingerprint density at radius 2 is 1.58 bits per heavy atom. The number of nitrogens with zero attached hydrogens (tertiary/aromatic N) is 1. The van der Waals surface area contributed by atoms with Gasteiger partial charge in [0, 0.05) is 12.6 Å². The van der Waals surface area contributed by atoms with Crippen molar-refractivity contribution < 1.29 is 17.9 Å². The number of aryl methyl sites for hydroxylation is 1. The third-order valence-corrected chi connectivity index (χ3v) is 6.91. The number of sulfonamides is 1. The van der Waals surface area contributed by atoms with Crippen LogP contribution in [0.3, 0.4) is 0 Å². The third-order valence-electron chi connectivity index (χ3n) is 5.12. The zero-order chi connectivity index (χ0) is 22.6. The summed E-state index contributed by atoms with van der Waals surface area (Å²) in [5.41, 5.74) is 2.36. The van der Waals surface area contributed by atoms with Gasteiger partial charge in [-0.2, -0.15) is 0 Å². The highest BCUT2D eigenvalue weighted by Crippen LogP contribution is 2.28. The van der Waals surface area contributed by atoms with Crippen molar-refractivity contribution in [2.24, 2.45) is 0 Å². The highest BCUT2D eigenvalue weighted by Gasteiger charge is 2.25. The molecule has 0 aliphatic carbocycles. The highest BCUT2D eigenvalue weighted by atomic mass is 32.2. The van der Waals surface area contributed by atoms with Gasteiger partial charge in [-0.1, -0.05) is 48.0 Å². The van der Waals surface area contributed by atoms with Crippen molar-refractivity contribution in [3.63, 3.8) is 0 Å². The first-order valence-corrected chi connectivity index (χ1v) is 11.3. The van der Waals surface area contributed by atoms with Gasteiger partial charge in [0.2, 0.25) is 0 Å². The van der Waals surface area contributed by atoms with E-state index in [9.17, 15) is 13.2 Å². The summed E-state index contributed by atoms with van der Waals surface area (Å²) in [5.74, 6) is 0.294. The predicted molar refractivity (Wildman–Crippen MR) is 122 cm³/mol. The minimum atomic E-state index is -3.82. The van der Waals surface area contributed by atoms with Crippen LogP contribution in [0.1, 0.15) is 34.5 Å². The number of rotatable bonds is 7. The second kappa shape index (κ2) is 9.22. The first kappa shape index (κ1) is 22.4. The van der Waals surface area contributed by atoms with E-state index >= 15 is 0 Å². The molecule has 31 heavy (non-hydrogen) atoms. The Morgan fingerprint density at radius 3 is 2.26 bits per heavy atom. The maximum absolute atomic E-state index is 13.1. The lowest BCUT2D eigenvalue weighted by atomic mass is 10.1. The van der Waals surface area contributed by atoms with Gasteiger partial charge in [-0.3, -0.25) is 9.10 Å². The molecule has 1 atom stereocenters. The van der Waals surface area contributed by atoms with E-state index in [0.717, 1.165) is 15.4 Å². The second-order valence-electron chi connectivity index (χ2n) is 7.24. The van der Waals surface area contributed by atoms with E-state index in [-0.39, 0.29) is 22.4 Å². The van der Waals surface area contributed by atoms with Gasteiger partial charge in [0.15, 0.2) is 0 Å². The number of para-hydroxylation sites is 2. The van der Waals surface area contributed by atoms with Crippen LogP contribution in [0.4, 0.5) is 5.69 Å². The number of carbonyl (C=O) groups excluding carboxylic acids is 1. The molecule has 1 amide bonds. The fourth-order valence-corrected chi connectivity index (χ4v) is 4.53. The molecule has 0 heterocycles. The van der Waals surface area contributed by atoms with Crippen molar-refractivity contribution in [2.75, 3.05) is 18.5 Å². The van der Waals surface area contributed by atoms with Gasteiger partial charge in [-0.15, -0.1) is 0 Å². The molecule has 0 aromatic heterocycles. The van der Waals surface area contributed by atoms with E-state index in [0.29, 0.717) is 11.4 Å². The number of nitrogens with one attached hydrogen (secondary N) is 1. The van der Waals surface area contributed by atoms with Gasteiger partial charge in [0.05, 0.1) is 29.3 Å². The number of anilines is 1. The summed E-state index contributed by atoms with van der Waals surface area (Å²) in [6.45, 7) is 3.74. The number of amides is 1. The zero-order valence-electron chi connectivity index (χ0n) is 18.0. The number of ether oxygens (including phenoxy) is 1. The fourth-order valence-electron chi connectivity index (χ4n) is 3.31. The molecule has 0 fully saturated rings. The quantitative estimate of drug-likeness (QED) is 0.596. The van der Waals surface area contributed by atoms with Gasteiger partial charge in [0.25, 0.3) is 15.9 Å². The Hall–Kier alpha value is -3.32. The molecule has 6 nitrogen and oxygen atoms in total. The van der Waals surface area contributed by atoms with E-state index in [4.69, 9.17) is 4.74 Å². The molecule has 0 saturated carbocycles. The van der Waals surface area contributed by atoms with Crippen molar-refractivity contribution in [1.29, 1.82) is 0 Å². The van der Waals surface area contributed by atoms with Gasteiger partial charge < -0.3 is 10.1 Å². The first-order valence-electron chi connectivity index (χ1n) is 9.84. The van der Waals surface area contributed by atoms with Crippen LogP contribution in [-0.2, 0) is 10.0 Å². The summed E-state index contributed by atoms with van der Waals surface area (Å²) in [6, 6.07) is 20.4. The molecule has 162 valence electrons. The average molecular weight is 439 g/mol. The molecule has 0 aliphatic heterocycles. The SMILES string of the molecule is COc1ccccc1[C@H](C)NC(=O)c1ccccc1N(C)S(=O)(=O)c1ccc(C)cc1. The van der Waals surface area contributed by atoms with Crippen molar-refractivity contribution >= 4 is 21.6 Å². The number of benzene rings is 3. The van der Waals surface area contributed by atoms with Gasteiger partial charge in [0.1, 0.15) is 5.75 Å². The van der Waals surface area contributed by atoms with Crippen LogP contribution in [0.5, 0.6) is 5.75 Å². The molecule has 0 radical (unpaired) electrons. The van der Waals surface area contributed by atoms with Crippen molar-refractivity contribution in [2.45, 2.75) is 24.8 Å². The van der Waals surface area contributed by atoms with Crippen LogP contribution >= 0.6 is 0 Å². The molecule has 7 heteroatoms. The standard InChI is InChI=1S/C24H26N2O4S/c1-17-13-15-19(16-14-17)31(28,29)26(3)22-11-7-5-10-21(22)24(27)25-18(2)20-9-6-8-12-23(20)30-4/h5-16,18H,1-4H3,(H,25,27)/t18-/m0/s1. The normalized spacial score (nSPS) is 12.1. The topological polar surface area (TPSA) is 75.7 Å². The Bertz CT molecular complexity index is 1170. The monoisotopic (exact) mass is 438 g/mol. The molecule has 3 rings (SSSR count). The predicted octanol–water partition coefficient (Wildman–Crippen LogP) is 4.32. The zero-order valence-corrected chi connectivity index (χ0v) is 18.8. The minimum Gasteiger partial charge on any atom is -0.496 e. The molecule has 0 bridgehead atoms. The highest BCUT2D eigenvalue weighted by molar-refractivity contribution is 7.92. The van der Waals surface area contributed by atoms with E-state index in [1.54, 1.807) is 55.6 Å². The fraction of sp³-hybridized carbons (Fsp3) is 0.208. The lowest BCUT2D eigenvalue weighted by Crippen LogP contribution is -2.32. The third kappa shape index (κ3) is 4.72. The number of hydrogen-bond donors (Lipinski definition) is 1. The van der Waals surface area contributed by atoms with Crippen molar-refractivity contribution in [3.05, 3.63) is 89.5 Å². The van der Waals surface area contributed by atoms with Crippen LogP contribution in [0.15, 0.2) is 77.7 Å². The molecule has 3 aromatic carbocycles. The molecular formula is C24H26N2O4S. The van der Waals surface area contributed by atoms with Gasteiger partial charge in [-0.25, -0.2) is 8.42 Å². The number of carbonyl (C=O) groups is 1. The maximum atomic E-state index is 13.1. The molecule has 0 aliphatic rings. The maximum Gasteiger partial charge on any atom is 0.264 e.